The minimum Gasteiger partial charge on any atom is -0.489 e. The van der Waals surface area contributed by atoms with Gasteiger partial charge in [0, 0.05) is 13.1 Å². The zero-order chi connectivity index (χ0) is 18.1. The third-order valence-electron chi connectivity index (χ3n) is 3.54. The van der Waals surface area contributed by atoms with E-state index in [0.29, 0.717) is 31.9 Å². The number of amides is 2. The van der Waals surface area contributed by atoms with Crippen LogP contribution in [-0.4, -0.2) is 23.8 Å². The highest BCUT2D eigenvalue weighted by Gasteiger charge is 2.02. The van der Waals surface area contributed by atoms with Gasteiger partial charge in [-0.05, 0) is 48.7 Å². The summed E-state index contributed by atoms with van der Waals surface area (Å²) in [5.41, 5.74) is 1.95. The first-order chi connectivity index (χ1) is 12.0. The number of ether oxygens (including phenoxy) is 1. The largest absolute Gasteiger partial charge is 0.489 e. The molecule has 2 amide bonds. The first kappa shape index (κ1) is 18.7. The molecule has 0 spiro atoms. The van der Waals surface area contributed by atoms with E-state index in [1.807, 2.05) is 24.3 Å². The standard InChI is InChI=1S/C19H23FN2O3/c1-14(23)10-11-21-19(24)22-12-15-2-4-16(5-3-15)13-25-18-8-6-17(20)7-9-18/h2-9,14,23H,10-13H2,1H3,(H2,21,22,24)/t14-/m1/s1. The number of carbonyl (C=O) groups excluding carboxylic acids is 1. The van der Waals surface area contributed by atoms with Crippen LogP contribution in [0.5, 0.6) is 5.75 Å². The average molecular weight is 346 g/mol. The van der Waals surface area contributed by atoms with E-state index in [9.17, 15) is 9.18 Å². The van der Waals surface area contributed by atoms with E-state index in [1.165, 1.54) is 12.1 Å². The maximum atomic E-state index is 12.8. The van der Waals surface area contributed by atoms with Crippen molar-refractivity contribution >= 4 is 6.03 Å². The van der Waals surface area contributed by atoms with Crippen LogP contribution in [0, 0.1) is 5.82 Å². The van der Waals surface area contributed by atoms with Gasteiger partial charge in [0.25, 0.3) is 0 Å². The van der Waals surface area contributed by atoms with Crippen LogP contribution in [0.15, 0.2) is 48.5 Å². The Balaban J connectivity index is 1.72. The van der Waals surface area contributed by atoms with Crippen molar-refractivity contribution in [1.82, 2.24) is 10.6 Å². The van der Waals surface area contributed by atoms with Gasteiger partial charge in [0.15, 0.2) is 0 Å². The molecule has 2 aromatic rings. The Hall–Kier alpha value is -2.60. The molecule has 0 aromatic heterocycles. The lowest BCUT2D eigenvalue weighted by atomic mass is 10.1. The normalized spacial score (nSPS) is 11.6. The van der Waals surface area contributed by atoms with Crippen LogP contribution < -0.4 is 15.4 Å². The molecule has 0 fully saturated rings. The number of aliphatic hydroxyl groups excluding tert-OH is 1. The van der Waals surface area contributed by atoms with Gasteiger partial charge < -0.3 is 20.5 Å². The van der Waals surface area contributed by atoms with E-state index in [1.54, 1.807) is 19.1 Å². The predicted molar refractivity (Wildman–Crippen MR) is 93.7 cm³/mol. The molecule has 25 heavy (non-hydrogen) atoms. The Kier molecular flexibility index (Phi) is 7.22. The number of halogens is 1. The molecule has 0 aliphatic carbocycles. The summed E-state index contributed by atoms with van der Waals surface area (Å²) in [6, 6.07) is 13.3. The molecule has 0 aliphatic heterocycles. The molecule has 134 valence electrons. The maximum Gasteiger partial charge on any atom is 0.315 e. The van der Waals surface area contributed by atoms with Crippen LogP contribution in [0.1, 0.15) is 24.5 Å². The fourth-order valence-electron chi connectivity index (χ4n) is 2.09. The average Bonchev–Trinajstić information content (AvgIpc) is 2.60. The molecule has 2 rings (SSSR count). The number of hydrogen-bond donors (Lipinski definition) is 3. The molecular weight excluding hydrogens is 323 g/mol. The van der Waals surface area contributed by atoms with Crippen molar-refractivity contribution in [2.75, 3.05) is 6.54 Å². The summed E-state index contributed by atoms with van der Waals surface area (Å²) in [4.78, 5) is 11.6. The Morgan fingerprint density at radius 2 is 1.72 bits per heavy atom. The third kappa shape index (κ3) is 7.22. The molecule has 0 saturated heterocycles. The van der Waals surface area contributed by atoms with E-state index >= 15 is 0 Å². The van der Waals surface area contributed by atoms with Crippen LogP contribution in [0.25, 0.3) is 0 Å². The number of hydrogen-bond acceptors (Lipinski definition) is 3. The summed E-state index contributed by atoms with van der Waals surface area (Å²) in [6.07, 6.45) is 0.0980. The van der Waals surface area contributed by atoms with Gasteiger partial charge in [0.1, 0.15) is 18.2 Å². The van der Waals surface area contributed by atoms with E-state index in [0.717, 1.165) is 11.1 Å². The second-order valence-electron chi connectivity index (χ2n) is 5.81. The Morgan fingerprint density at radius 3 is 2.36 bits per heavy atom. The predicted octanol–water partition coefficient (Wildman–Crippen LogP) is 2.97. The number of nitrogens with one attached hydrogen (secondary N) is 2. The fourth-order valence-corrected chi connectivity index (χ4v) is 2.09. The quantitative estimate of drug-likeness (QED) is 0.688. The highest BCUT2D eigenvalue weighted by Crippen LogP contribution is 2.14. The van der Waals surface area contributed by atoms with Crippen molar-refractivity contribution < 1.29 is 19.0 Å². The number of benzene rings is 2. The molecule has 0 unspecified atom stereocenters. The first-order valence-corrected chi connectivity index (χ1v) is 8.19. The second kappa shape index (κ2) is 9.64. The number of aliphatic hydroxyl groups is 1. The van der Waals surface area contributed by atoms with E-state index in [2.05, 4.69) is 10.6 Å². The number of rotatable bonds is 8. The maximum absolute atomic E-state index is 12.8. The lowest BCUT2D eigenvalue weighted by Crippen LogP contribution is -2.36. The van der Waals surface area contributed by atoms with Gasteiger partial charge in [-0.25, -0.2) is 9.18 Å². The molecule has 0 aliphatic rings. The molecular formula is C19H23FN2O3. The van der Waals surface area contributed by atoms with Gasteiger partial charge in [-0.3, -0.25) is 0 Å². The number of urea groups is 1. The van der Waals surface area contributed by atoms with Crippen LogP contribution in [0.4, 0.5) is 9.18 Å². The van der Waals surface area contributed by atoms with Crippen LogP contribution in [-0.2, 0) is 13.2 Å². The van der Waals surface area contributed by atoms with Gasteiger partial charge in [-0.2, -0.15) is 0 Å². The van der Waals surface area contributed by atoms with Gasteiger partial charge in [0.05, 0.1) is 6.10 Å². The molecule has 0 radical (unpaired) electrons. The molecule has 6 heteroatoms. The van der Waals surface area contributed by atoms with E-state index < -0.39 is 6.10 Å². The van der Waals surface area contributed by atoms with Crippen molar-refractivity contribution in [2.24, 2.45) is 0 Å². The van der Waals surface area contributed by atoms with Crippen molar-refractivity contribution in [3.63, 3.8) is 0 Å². The molecule has 0 heterocycles. The summed E-state index contributed by atoms with van der Waals surface area (Å²) >= 11 is 0. The van der Waals surface area contributed by atoms with Gasteiger partial charge >= 0.3 is 6.03 Å². The fraction of sp³-hybridized carbons (Fsp3) is 0.316. The van der Waals surface area contributed by atoms with Gasteiger partial charge in [0.2, 0.25) is 0 Å². The van der Waals surface area contributed by atoms with Gasteiger partial charge in [-0.1, -0.05) is 24.3 Å². The highest BCUT2D eigenvalue weighted by molar-refractivity contribution is 5.73. The van der Waals surface area contributed by atoms with E-state index in [4.69, 9.17) is 9.84 Å². The smallest absolute Gasteiger partial charge is 0.315 e. The highest BCUT2D eigenvalue weighted by atomic mass is 19.1. The molecule has 2 aromatic carbocycles. The van der Waals surface area contributed by atoms with Crippen molar-refractivity contribution in [2.45, 2.75) is 32.6 Å². The minimum atomic E-state index is -0.426. The Morgan fingerprint density at radius 1 is 1.08 bits per heavy atom. The summed E-state index contributed by atoms with van der Waals surface area (Å²) in [5, 5.41) is 14.6. The van der Waals surface area contributed by atoms with Gasteiger partial charge in [-0.15, -0.1) is 0 Å². The zero-order valence-corrected chi connectivity index (χ0v) is 14.2. The van der Waals surface area contributed by atoms with Crippen molar-refractivity contribution in [3.05, 3.63) is 65.5 Å². The summed E-state index contributed by atoms with van der Waals surface area (Å²) in [6.45, 7) is 2.92. The molecule has 5 nitrogen and oxygen atoms in total. The molecule has 0 saturated carbocycles. The third-order valence-corrected chi connectivity index (χ3v) is 3.54. The first-order valence-electron chi connectivity index (χ1n) is 8.19. The van der Waals surface area contributed by atoms with Crippen LogP contribution in [0.2, 0.25) is 0 Å². The summed E-state index contributed by atoms with van der Waals surface area (Å²) < 4.78 is 18.4. The second-order valence-corrected chi connectivity index (χ2v) is 5.81. The minimum absolute atomic E-state index is 0.260. The number of carbonyl (C=O) groups is 1. The van der Waals surface area contributed by atoms with Crippen molar-refractivity contribution in [1.29, 1.82) is 0 Å². The summed E-state index contributed by atoms with van der Waals surface area (Å²) in [7, 11) is 0. The molecule has 0 bridgehead atoms. The topological polar surface area (TPSA) is 70.6 Å². The van der Waals surface area contributed by atoms with Crippen molar-refractivity contribution in [3.8, 4) is 5.75 Å². The monoisotopic (exact) mass is 346 g/mol. The lowest BCUT2D eigenvalue weighted by molar-refractivity contribution is 0.183. The SMILES string of the molecule is C[C@@H](O)CCNC(=O)NCc1ccc(COc2ccc(F)cc2)cc1. The Bertz CT molecular complexity index is 657. The molecule has 3 N–H and O–H groups in total. The summed E-state index contributed by atoms with van der Waals surface area (Å²) in [5.74, 6) is 0.320. The lowest BCUT2D eigenvalue weighted by Gasteiger charge is -2.10. The van der Waals surface area contributed by atoms with Crippen LogP contribution in [0.3, 0.4) is 0 Å². The zero-order valence-electron chi connectivity index (χ0n) is 14.2. The Labute approximate surface area is 146 Å². The van der Waals surface area contributed by atoms with E-state index in [-0.39, 0.29) is 11.8 Å². The van der Waals surface area contributed by atoms with Crippen LogP contribution >= 0.6 is 0 Å². The molecule has 1 atom stereocenters.